The van der Waals surface area contributed by atoms with E-state index < -0.39 is 7.92 Å². The summed E-state index contributed by atoms with van der Waals surface area (Å²) >= 11 is 0. The molecule has 5 heteroatoms. The van der Waals surface area contributed by atoms with E-state index in [0.29, 0.717) is 24.7 Å². The van der Waals surface area contributed by atoms with Crippen molar-refractivity contribution in [3.63, 3.8) is 0 Å². The molecule has 1 aromatic carbocycles. The molecule has 27 heavy (non-hydrogen) atoms. The van der Waals surface area contributed by atoms with Crippen molar-refractivity contribution in [2.24, 2.45) is 11.8 Å². The van der Waals surface area contributed by atoms with E-state index in [9.17, 15) is 9.59 Å². The monoisotopic (exact) mass is 384 g/mol. The Morgan fingerprint density at radius 1 is 0.704 bits per heavy atom. The van der Waals surface area contributed by atoms with Crippen LogP contribution >= 0.6 is 7.92 Å². The van der Waals surface area contributed by atoms with Crippen LogP contribution in [-0.4, -0.2) is 33.4 Å². The average Bonchev–Trinajstić information content (AvgIpc) is 3.44. The van der Waals surface area contributed by atoms with Gasteiger partial charge < -0.3 is 0 Å². The van der Waals surface area contributed by atoms with E-state index in [2.05, 4.69) is 30.3 Å². The third-order valence-electron chi connectivity index (χ3n) is 7.06. The van der Waals surface area contributed by atoms with Crippen molar-refractivity contribution < 1.29 is 9.59 Å². The SMILES string of the molecule is O=C1CCC(=O)N2[C@H](C3CCCC3)P(c3ccccc3)[C@H](C3CCCC3)N12. The van der Waals surface area contributed by atoms with Crippen molar-refractivity contribution in [3.05, 3.63) is 30.3 Å². The van der Waals surface area contributed by atoms with Crippen molar-refractivity contribution in [3.8, 4) is 0 Å². The van der Waals surface area contributed by atoms with Crippen LogP contribution in [0.15, 0.2) is 30.3 Å². The summed E-state index contributed by atoms with van der Waals surface area (Å²) < 4.78 is 0. The van der Waals surface area contributed by atoms with Crippen LogP contribution in [0, 0.1) is 11.8 Å². The first kappa shape index (κ1) is 17.7. The number of carbonyl (C=O) groups is 2. The van der Waals surface area contributed by atoms with E-state index in [1.165, 1.54) is 56.7 Å². The molecule has 1 unspecified atom stereocenters. The quantitative estimate of drug-likeness (QED) is 0.733. The van der Waals surface area contributed by atoms with Gasteiger partial charge in [-0.2, -0.15) is 0 Å². The molecule has 2 saturated heterocycles. The summed E-state index contributed by atoms with van der Waals surface area (Å²) in [5, 5.41) is 5.36. The minimum Gasteiger partial charge on any atom is -0.273 e. The van der Waals surface area contributed by atoms with Gasteiger partial charge in [-0.25, -0.2) is 10.0 Å². The van der Waals surface area contributed by atoms with E-state index in [-0.39, 0.29) is 23.4 Å². The first-order valence-electron chi connectivity index (χ1n) is 10.7. The first-order valence-corrected chi connectivity index (χ1v) is 12.2. The topological polar surface area (TPSA) is 40.6 Å². The van der Waals surface area contributed by atoms with Crippen molar-refractivity contribution in [2.75, 3.05) is 0 Å². The average molecular weight is 384 g/mol. The molecule has 144 valence electrons. The normalized spacial score (nSPS) is 32.5. The second kappa shape index (κ2) is 7.20. The molecule has 0 N–H and O–H groups in total. The predicted molar refractivity (Wildman–Crippen MR) is 107 cm³/mol. The number of amides is 2. The minimum atomic E-state index is -0.582. The zero-order valence-corrected chi connectivity index (χ0v) is 16.8. The van der Waals surface area contributed by atoms with E-state index in [0.717, 1.165) is 0 Å². The summed E-state index contributed by atoms with van der Waals surface area (Å²) in [6.07, 6.45) is 10.7. The van der Waals surface area contributed by atoms with Gasteiger partial charge in [0.2, 0.25) is 11.8 Å². The summed E-state index contributed by atoms with van der Waals surface area (Å²) in [4.78, 5) is 26.1. The highest BCUT2D eigenvalue weighted by Gasteiger charge is 2.58. The van der Waals surface area contributed by atoms with Gasteiger partial charge in [0, 0.05) is 12.8 Å². The Morgan fingerprint density at radius 2 is 1.15 bits per heavy atom. The summed E-state index contributed by atoms with van der Waals surface area (Å²) in [5.41, 5.74) is 0. The number of hydrogen-bond donors (Lipinski definition) is 0. The molecule has 1 aromatic rings. The number of carbonyl (C=O) groups excluding carboxylic acids is 2. The number of benzene rings is 1. The number of nitrogens with zero attached hydrogens (tertiary/aromatic N) is 2. The molecular formula is C22H29N2O2P. The Labute approximate surface area is 163 Å². The zero-order valence-electron chi connectivity index (χ0n) is 15.9. The lowest BCUT2D eigenvalue weighted by Crippen LogP contribution is -2.56. The highest BCUT2D eigenvalue weighted by Crippen LogP contribution is 2.63. The van der Waals surface area contributed by atoms with Crippen molar-refractivity contribution in [1.82, 2.24) is 10.0 Å². The third kappa shape index (κ3) is 2.92. The highest BCUT2D eigenvalue weighted by atomic mass is 31.1. The Hall–Kier alpha value is -1.41. The molecule has 0 aromatic heterocycles. The van der Waals surface area contributed by atoms with Crippen LogP contribution in [0.1, 0.15) is 64.2 Å². The molecule has 2 aliphatic heterocycles. The molecule has 4 nitrogen and oxygen atoms in total. The highest BCUT2D eigenvalue weighted by molar-refractivity contribution is 7.67. The molecule has 5 rings (SSSR count). The lowest BCUT2D eigenvalue weighted by Gasteiger charge is -2.39. The van der Waals surface area contributed by atoms with Gasteiger partial charge in [0.1, 0.15) is 0 Å². The van der Waals surface area contributed by atoms with Gasteiger partial charge >= 0.3 is 0 Å². The van der Waals surface area contributed by atoms with Gasteiger partial charge in [0.15, 0.2) is 0 Å². The fourth-order valence-electron chi connectivity index (χ4n) is 5.90. The third-order valence-corrected chi connectivity index (χ3v) is 10.4. The number of hydrazine groups is 1. The molecule has 3 atom stereocenters. The summed E-state index contributed by atoms with van der Waals surface area (Å²) in [7, 11) is -0.582. The lowest BCUT2D eigenvalue weighted by atomic mass is 10.1. The summed E-state index contributed by atoms with van der Waals surface area (Å²) in [5.74, 6) is 1.95. The number of hydrogen-bond acceptors (Lipinski definition) is 2. The largest absolute Gasteiger partial charge is 0.273 e. The van der Waals surface area contributed by atoms with E-state index >= 15 is 0 Å². The molecule has 2 saturated carbocycles. The molecule has 4 fully saturated rings. The fraction of sp³-hybridized carbons (Fsp3) is 0.636. The van der Waals surface area contributed by atoms with Crippen LogP contribution in [0.4, 0.5) is 0 Å². The van der Waals surface area contributed by atoms with Crippen LogP contribution < -0.4 is 5.30 Å². The Bertz CT molecular complexity index is 670. The van der Waals surface area contributed by atoms with Gasteiger partial charge in [-0.1, -0.05) is 56.0 Å². The maximum absolute atomic E-state index is 13.1. The summed E-state index contributed by atoms with van der Waals surface area (Å²) in [6, 6.07) is 10.8. The minimum absolute atomic E-state index is 0.190. The molecule has 2 aliphatic carbocycles. The molecule has 2 heterocycles. The van der Waals surface area contributed by atoms with Gasteiger partial charge in [-0.15, -0.1) is 0 Å². The van der Waals surface area contributed by atoms with Crippen molar-refractivity contribution in [1.29, 1.82) is 0 Å². The van der Waals surface area contributed by atoms with Gasteiger partial charge in [0.25, 0.3) is 0 Å². The van der Waals surface area contributed by atoms with Crippen LogP contribution in [0.5, 0.6) is 0 Å². The van der Waals surface area contributed by atoms with E-state index in [1.807, 2.05) is 10.0 Å². The van der Waals surface area contributed by atoms with Gasteiger partial charge in [-0.3, -0.25) is 9.59 Å². The lowest BCUT2D eigenvalue weighted by molar-refractivity contribution is -0.174. The molecule has 0 radical (unpaired) electrons. The zero-order chi connectivity index (χ0) is 18.4. The van der Waals surface area contributed by atoms with Crippen LogP contribution in [0.2, 0.25) is 0 Å². The van der Waals surface area contributed by atoms with Crippen molar-refractivity contribution in [2.45, 2.75) is 75.8 Å². The molecule has 4 aliphatic rings. The second-order valence-corrected chi connectivity index (χ2v) is 11.0. The molecule has 0 bridgehead atoms. The molecule has 2 amide bonds. The molecular weight excluding hydrogens is 355 g/mol. The van der Waals surface area contributed by atoms with Gasteiger partial charge in [0.05, 0.1) is 11.6 Å². The van der Waals surface area contributed by atoms with Crippen LogP contribution in [0.25, 0.3) is 0 Å². The summed E-state index contributed by atoms with van der Waals surface area (Å²) in [6.45, 7) is 0. The standard InChI is InChI=1S/C22H29N2O2P/c25-19-14-15-20(26)24-22(17-10-6-7-11-17)27(18-12-2-1-3-13-18)21(23(19)24)16-8-4-5-9-16/h1-3,12-13,16-17,21-22H,4-11,14-15H2/t21-,22+,27?. The van der Waals surface area contributed by atoms with E-state index in [1.54, 1.807) is 0 Å². The number of rotatable bonds is 3. The first-order chi connectivity index (χ1) is 13.3. The smallest absolute Gasteiger partial charge is 0.242 e. The van der Waals surface area contributed by atoms with Crippen molar-refractivity contribution >= 4 is 25.0 Å². The Kier molecular flexibility index (Phi) is 4.71. The van der Waals surface area contributed by atoms with Crippen LogP contribution in [-0.2, 0) is 9.59 Å². The molecule has 0 spiro atoms. The maximum Gasteiger partial charge on any atom is 0.242 e. The number of fused-ring (bicyclic) bond motifs is 1. The van der Waals surface area contributed by atoms with Gasteiger partial charge in [-0.05, 0) is 50.7 Å². The fourth-order valence-corrected chi connectivity index (χ4v) is 9.79. The second-order valence-electron chi connectivity index (χ2n) is 8.64. The maximum atomic E-state index is 13.1. The van der Waals surface area contributed by atoms with Crippen LogP contribution in [0.3, 0.4) is 0 Å². The predicted octanol–water partition coefficient (Wildman–Crippen LogP) is 4.21. The Morgan fingerprint density at radius 3 is 1.59 bits per heavy atom. The Balaban J connectivity index is 1.63. The van der Waals surface area contributed by atoms with E-state index in [4.69, 9.17) is 0 Å².